The van der Waals surface area contributed by atoms with E-state index in [1.54, 1.807) is 0 Å². The first-order valence-corrected chi connectivity index (χ1v) is 15.1. The Labute approximate surface area is 247 Å². The summed E-state index contributed by atoms with van der Waals surface area (Å²) < 4.78 is 0. The Bertz CT molecular complexity index is 1910. The topological polar surface area (TPSA) is 20.3 Å². The van der Waals surface area contributed by atoms with Crippen LogP contribution in [0.1, 0.15) is 9.67 Å². The number of carbonyl (C=O) groups is 1. The van der Waals surface area contributed by atoms with E-state index in [1.165, 1.54) is 43.0 Å². The third-order valence-corrected chi connectivity index (χ3v) is 9.45. The van der Waals surface area contributed by atoms with Crippen LogP contribution in [0.5, 0.6) is 0 Å². The maximum Gasteiger partial charge on any atom is 0.160 e. The zero-order valence-corrected chi connectivity index (χ0v) is 23.7. The van der Waals surface area contributed by atoms with Gasteiger partial charge in [-0.2, -0.15) is 0 Å². The number of hydrogen-bond acceptors (Lipinski definition) is 4. The zero-order chi connectivity index (χ0) is 27.6. The first kappa shape index (κ1) is 25.2. The summed E-state index contributed by atoms with van der Waals surface area (Å²) in [7, 11) is 0. The highest BCUT2D eigenvalue weighted by Gasteiger charge is 2.15. The van der Waals surface area contributed by atoms with Gasteiger partial charge in [-0.1, -0.05) is 84.9 Å². The molecule has 0 aliphatic carbocycles. The van der Waals surface area contributed by atoms with Crippen molar-refractivity contribution in [2.45, 2.75) is 0 Å². The average molecular weight is 564 g/mol. The standard InChI is InChI=1S/C37H25NOS2/c39-25-30-19-22-36(40-30)33-20-21-34(32-14-8-7-13-31(32)33)37-24-23-35(41-37)26-15-17-29(18-16-26)38(27-9-3-1-4-10-27)28-11-5-2-6-12-28/h1-25H. The van der Waals surface area contributed by atoms with Gasteiger partial charge in [-0.15, -0.1) is 22.7 Å². The van der Waals surface area contributed by atoms with Crippen LogP contribution in [0.25, 0.3) is 42.1 Å². The van der Waals surface area contributed by atoms with E-state index in [9.17, 15) is 4.79 Å². The van der Waals surface area contributed by atoms with E-state index in [0.29, 0.717) is 0 Å². The number of benzene rings is 5. The minimum absolute atomic E-state index is 0.748. The number of fused-ring (bicyclic) bond motifs is 1. The molecule has 2 heterocycles. The van der Waals surface area contributed by atoms with Crippen LogP contribution in [0.15, 0.2) is 146 Å². The Morgan fingerprint density at radius 3 is 1.49 bits per heavy atom. The number of thiophene rings is 2. The molecule has 2 aromatic heterocycles. The lowest BCUT2D eigenvalue weighted by molar-refractivity contribution is 0.112. The van der Waals surface area contributed by atoms with Crippen LogP contribution in [0.3, 0.4) is 0 Å². The first-order chi connectivity index (χ1) is 20.3. The second-order valence-electron chi connectivity index (χ2n) is 9.74. The maximum atomic E-state index is 11.3. The van der Waals surface area contributed by atoms with Crippen molar-refractivity contribution in [2.75, 3.05) is 4.90 Å². The normalized spacial score (nSPS) is 11.0. The molecule has 0 saturated carbocycles. The molecule has 0 aliphatic heterocycles. The molecule has 41 heavy (non-hydrogen) atoms. The fraction of sp³-hybridized carbons (Fsp3) is 0. The molecule has 2 nitrogen and oxygen atoms in total. The van der Waals surface area contributed by atoms with Gasteiger partial charge in [0.1, 0.15) is 0 Å². The predicted molar refractivity (Wildman–Crippen MR) is 176 cm³/mol. The number of nitrogens with zero attached hydrogens (tertiary/aromatic N) is 1. The summed E-state index contributed by atoms with van der Waals surface area (Å²) in [6, 6.07) is 51.1. The Hall–Kier alpha value is -4.77. The quantitative estimate of drug-likeness (QED) is 0.180. The van der Waals surface area contributed by atoms with Gasteiger partial charge < -0.3 is 4.90 Å². The molecule has 0 radical (unpaired) electrons. The molecule has 0 spiro atoms. The molecular formula is C37H25NOS2. The Balaban J connectivity index is 1.23. The SMILES string of the molecule is O=Cc1ccc(-c2ccc(-c3ccc(-c4ccc(N(c5ccccc5)c5ccccc5)cc4)s3)c3ccccc23)s1. The minimum atomic E-state index is 0.748. The van der Waals surface area contributed by atoms with Crippen molar-refractivity contribution in [1.82, 2.24) is 0 Å². The van der Waals surface area contributed by atoms with Gasteiger partial charge in [-0.3, -0.25) is 4.79 Å². The lowest BCUT2D eigenvalue weighted by Crippen LogP contribution is -2.09. The lowest BCUT2D eigenvalue weighted by Gasteiger charge is -2.25. The van der Waals surface area contributed by atoms with E-state index in [1.807, 2.05) is 35.6 Å². The van der Waals surface area contributed by atoms with Crippen LogP contribution >= 0.6 is 22.7 Å². The molecule has 0 aliphatic rings. The van der Waals surface area contributed by atoms with Crippen LogP contribution < -0.4 is 4.90 Å². The van der Waals surface area contributed by atoms with E-state index in [4.69, 9.17) is 0 Å². The second-order valence-corrected chi connectivity index (χ2v) is 11.9. The van der Waals surface area contributed by atoms with Crippen LogP contribution in [-0.4, -0.2) is 6.29 Å². The van der Waals surface area contributed by atoms with E-state index in [0.717, 1.165) is 38.7 Å². The van der Waals surface area contributed by atoms with Crippen LogP contribution in [0, 0.1) is 0 Å². The van der Waals surface area contributed by atoms with Gasteiger partial charge in [0.15, 0.2) is 6.29 Å². The summed E-state index contributed by atoms with van der Waals surface area (Å²) in [6.07, 6.45) is 0.922. The van der Waals surface area contributed by atoms with E-state index in [-0.39, 0.29) is 0 Å². The fourth-order valence-electron chi connectivity index (χ4n) is 5.30. The van der Waals surface area contributed by atoms with Crippen LogP contribution in [-0.2, 0) is 0 Å². The smallest absolute Gasteiger partial charge is 0.160 e. The molecule has 0 N–H and O–H groups in total. The van der Waals surface area contributed by atoms with Crippen molar-refractivity contribution >= 4 is 56.8 Å². The molecule has 0 fully saturated rings. The molecule has 0 bridgehead atoms. The van der Waals surface area contributed by atoms with Gasteiger partial charge in [0.2, 0.25) is 0 Å². The van der Waals surface area contributed by atoms with Crippen molar-refractivity contribution in [3.05, 3.63) is 150 Å². The number of rotatable bonds is 7. The van der Waals surface area contributed by atoms with Crippen molar-refractivity contribution < 1.29 is 4.79 Å². The summed E-state index contributed by atoms with van der Waals surface area (Å²) in [6.45, 7) is 0. The molecule has 196 valence electrons. The molecule has 0 atom stereocenters. The number of aldehydes is 1. The number of para-hydroxylation sites is 2. The Morgan fingerprint density at radius 1 is 0.439 bits per heavy atom. The third kappa shape index (κ3) is 4.89. The lowest BCUT2D eigenvalue weighted by atomic mass is 9.98. The molecular weight excluding hydrogens is 539 g/mol. The summed E-state index contributed by atoms with van der Waals surface area (Å²) in [5, 5.41) is 2.42. The van der Waals surface area contributed by atoms with E-state index in [2.05, 4.69) is 126 Å². The highest BCUT2D eigenvalue weighted by Crippen LogP contribution is 2.42. The van der Waals surface area contributed by atoms with E-state index < -0.39 is 0 Å². The number of carbonyl (C=O) groups excluding carboxylic acids is 1. The van der Waals surface area contributed by atoms with Gasteiger partial charge in [0.25, 0.3) is 0 Å². The molecule has 0 unspecified atom stereocenters. The summed E-state index contributed by atoms with van der Waals surface area (Å²) in [5.74, 6) is 0. The van der Waals surface area contributed by atoms with Crippen molar-refractivity contribution in [1.29, 1.82) is 0 Å². The van der Waals surface area contributed by atoms with Gasteiger partial charge in [-0.05, 0) is 88.1 Å². The average Bonchev–Trinajstić information content (AvgIpc) is 3.73. The Kier molecular flexibility index (Phi) is 6.77. The zero-order valence-electron chi connectivity index (χ0n) is 22.1. The molecule has 4 heteroatoms. The van der Waals surface area contributed by atoms with Crippen molar-refractivity contribution in [3.8, 4) is 31.3 Å². The first-order valence-electron chi connectivity index (χ1n) is 13.5. The van der Waals surface area contributed by atoms with Gasteiger partial charge in [0, 0.05) is 31.7 Å². The predicted octanol–water partition coefficient (Wildman–Crippen LogP) is 11.2. The van der Waals surface area contributed by atoms with Crippen LogP contribution in [0.4, 0.5) is 17.1 Å². The van der Waals surface area contributed by atoms with Crippen molar-refractivity contribution in [2.24, 2.45) is 0 Å². The third-order valence-electron chi connectivity index (χ3n) is 7.24. The van der Waals surface area contributed by atoms with Crippen LogP contribution in [0.2, 0.25) is 0 Å². The fourth-order valence-corrected chi connectivity index (χ4v) is 7.22. The molecule has 0 amide bonds. The minimum Gasteiger partial charge on any atom is -0.311 e. The highest BCUT2D eigenvalue weighted by molar-refractivity contribution is 7.19. The van der Waals surface area contributed by atoms with E-state index >= 15 is 0 Å². The maximum absolute atomic E-state index is 11.3. The summed E-state index contributed by atoms with van der Waals surface area (Å²) in [5.41, 5.74) is 6.97. The molecule has 5 aromatic carbocycles. The second kappa shape index (κ2) is 11.0. The highest BCUT2D eigenvalue weighted by atomic mass is 32.1. The van der Waals surface area contributed by atoms with Gasteiger partial charge in [-0.25, -0.2) is 0 Å². The molecule has 0 saturated heterocycles. The number of anilines is 3. The number of hydrogen-bond donors (Lipinski definition) is 0. The van der Waals surface area contributed by atoms with Gasteiger partial charge >= 0.3 is 0 Å². The summed E-state index contributed by atoms with van der Waals surface area (Å²) >= 11 is 3.35. The Morgan fingerprint density at radius 2 is 0.927 bits per heavy atom. The van der Waals surface area contributed by atoms with Crippen molar-refractivity contribution in [3.63, 3.8) is 0 Å². The monoisotopic (exact) mass is 563 g/mol. The molecule has 7 aromatic rings. The molecule has 7 rings (SSSR count). The van der Waals surface area contributed by atoms with Gasteiger partial charge in [0.05, 0.1) is 4.88 Å². The largest absolute Gasteiger partial charge is 0.311 e. The summed E-state index contributed by atoms with van der Waals surface area (Å²) in [4.78, 5) is 17.9.